The third-order valence-electron chi connectivity index (χ3n) is 3.26. The van der Waals surface area contributed by atoms with Gasteiger partial charge in [0.25, 0.3) is 5.91 Å². The van der Waals surface area contributed by atoms with E-state index in [1.165, 1.54) is 30.0 Å². The van der Waals surface area contributed by atoms with Crippen molar-refractivity contribution < 1.29 is 14.3 Å². The van der Waals surface area contributed by atoms with Gasteiger partial charge < -0.3 is 10.4 Å². The first kappa shape index (κ1) is 15.3. The number of aliphatic imine (C=N–C) groups is 1. The van der Waals surface area contributed by atoms with Crippen LogP contribution in [-0.4, -0.2) is 16.2 Å². The molecule has 0 aliphatic carbocycles. The molecule has 1 aliphatic heterocycles. The van der Waals surface area contributed by atoms with Crippen molar-refractivity contribution in [3.63, 3.8) is 0 Å². The number of carbonyl (C=O) groups excluding carboxylic acids is 1. The summed E-state index contributed by atoms with van der Waals surface area (Å²) in [6, 6.07) is 11.6. The maximum Gasteiger partial charge on any atom is 0.264 e. The van der Waals surface area contributed by atoms with E-state index < -0.39 is 11.6 Å². The number of hydrogen-bond acceptors (Lipinski definition) is 4. The molecular weight excluding hydrogens is 315 g/mol. The number of thioether (sulfide) groups is 1. The first-order valence-corrected chi connectivity index (χ1v) is 7.68. The number of halogens is 1. The zero-order valence-corrected chi connectivity index (χ0v) is 13.0. The number of benzene rings is 2. The summed E-state index contributed by atoms with van der Waals surface area (Å²) in [6.45, 7) is 1.94. The average molecular weight is 328 g/mol. The second-order valence-corrected chi connectivity index (χ2v) is 6.01. The summed E-state index contributed by atoms with van der Waals surface area (Å²) >= 11 is 1.19. The fourth-order valence-corrected chi connectivity index (χ4v) is 2.88. The van der Waals surface area contributed by atoms with Gasteiger partial charge in [-0.05, 0) is 54.1 Å². The Labute approximate surface area is 136 Å². The molecule has 0 unspecified atom stereocenters. The summed E-state index contributed by atoms with van der Waals surface area (Å²) in [6.07, 6.45) is 1.56. The fraction of sp³-hybridized carbons (Fsp3) is 0.0588. The molecule has 2 aromatic carbocycles. The van der Waals surface area contributed by atoms with Crippen LogP contribution >= 0.6 is 11.8 Å². The molecule has 6 heteroatoms. The number of aryl methyl sites for hydroxylation is 1. The quantitative estimate of drug-likeness (QED) is 0.826. The van der Waals surface area contributed by atoms with Crippen LogP contribution < -0.4 is 5.32 Å². The van der Waals surface area contributed by atoms with Crippen LogP contribution in [0.1, 0.15) is 11.1 Å². The van der Waals surface area contributed by atoms with E-state index in [0.29, 0.717) is 15.6 Å². The minimum Gasteiger partial charge on any atom is -0.505 e. The van der Waals surface area contributed by atoms with Crippen LogP contribution in [0.4, 0.5) is 10.1 Å². The van der Waals surface area contributed by atoms with Crippen LogP contribution in [0.3, 0.4) is 0 Å². The van der Waals surface area contributed by atoms with Gasteiger partial charge in [0.05, 0.1) is 10.6 Å². The number of hydrogen-bond donors (Lipinski definition) is 2. The SMILES string of the molecule is Cc1ccccc1N=C1NC(=O)/C(=C\c2ccc(O)c(F)c2)S1. The summed E-state index contributed by atoms with van der Waals surface area (Å²) in [5.74, 6) is -1.43. The number of amides is 1. The third kappa shape index (κ3) is 3.43. The smallest absolute Gasteiger partial charge is 0.264 e. The van der Waals surface area contributed by atoms with Gasteiger partial charge in [-0.15, -0.1) is 0 Å². The Morgan fingerprint density at radius 3 is 2.78 bits per heavy atom. The number of amidine groups is 1. The molecular formula is C17H13FN2O2S. The molecule has 1 aliphatic rings. The van der Waals surface area contributed by atoms with E-state index in [0.717, 1.165) is 11.3 Å². The van der Waals surface area contributed by atoms with Gasteiger partial charge in [0.2, 0.25) is 0 Å². The summed E-state index contributed by atoms with van der Waals surface area (Å²) in [7, 11) is 0. The molecule has 0 spiro atoms. The van der Waals surface area contributed by atoms with E-state index >= 15 is 0 Å². The Bertz CT molecular complexity index is 846. The Morgan fingerprint density at radius 2 is 2.04 bits per heavy atom. The molecule has 1 saturated heterocycles. The van der Waals surface area contributed by atoms with Gasteiger partial charge in [0.15, 0.2) is 16.7 Å². The van der Waals surface area contributed by atoms with E-state index in [4.69, 9.17) is 0 Å². The molecule has 0 bridgehead atoms. The Balaban J connectivity index is 1.86. The van der Waals surface area contributed by atoms with E-state index in [-0.39, 0.29) is 5.91 Å². The normalized spacial score (nSPS) is 17.7. The number of carbonyl (C=O) groups is 1. The zero-order valence-electron chi connectivity index (χ0n) is 12.2. The summed E-state index contributed by atoms with van der Waals surface area (Å²) in [4.78, 5) is 16.8. The van der Waals surface area contributed by atoms with Crippen LogP contribution in [-0.2, 0) is 4.79 Å². The van der Waals surface area contributed by atoms with Crippen LogP contribution in [0.15, 0.2) is 52.4 Å². The van der Waals surface area contributed by atoms with Crippen molar-refractivity contribution in [1.29, 1.82) is 0 Å². The Kier molecular flexibility index (Phi) is 4.16. The number of nitrogens with zero attached hydrogens (tertiary/aromatic N) is 1. The second-order valence-electron chi connectivity index (χ2n) is 4.98. The van der Waals surface area contributed by atoms with Gasteiger partial charge in [0.1, 0.15) is 0 Å². The summed E-state index contributed by atoms with van der Waals surface area (Å²) in [5.41, 5.74) is 2.29. The molecule has 1 heterocycles. The van der Waals surface area contributed by atoms with Crippen molar-refractivity contribution in [1.82, 2.24) is 5.32 Å². The minimum atomic E-state index is -0.725. The largest absolute Gasteiger partial charge is 0.505 e. The van der Waals surface area contributed by atoms with Crippen molar-refractivity contribution in [2.45, 2.75) is 6.92 Å². The first-order chi connectivity index (χ1) is 11.0. The van der Waals surface area contributed by atoms with E-state index in [2.05, 4.69) is 10.3 Å². The lowest BCUT2D eigenvalue weighted by atomic mass is 10.2. The van der Waals surface area contributed by atoms with Gasteiger partial charge in [-0.3, -0.25) is 4.79 Å². The molecule has 116 valence electrons. The number of rotatable bonds is 2. The van der Waals surface area contributed by atoms with E-state index in [9.17, 15) is 14.3 Å². The van der Waals surface area contributed by atoms with Gasteiger partial charge in [-0.25, -0.2) is 9.38 Å². The van der Waals surface area contributed by atoms with Gasteiger partial charge in [-0.1, -0.05) is 24.3 Å². The molecule has 0 radical (unpaired) electrons. The zero-order chi connectivity index (χ0) is 16.4. The van der Waals surface area contributed by atoms with Crippen molar-refractivity contribution in [2.75, 3.05) is 0 Å². The highest BCUT2D eigenvalue weighted by atomic mass is 32.2. The summed E-state index contributed by atoms with van der Waals surface area (Å²) in [5, 5.41) is 12.4. The Morgan fingerprint density at radius 1 is 1.26 bits per heavy atom. The van der Waals surface area contributed by atoms with Crippen molar-refractivity contribution in [3.8, 4) is 5.75 Å². The van der Waals surface area contributed by atoms with Gasteiger partial charge in [-0.2, -0.15) is 0 Å². The molecule has 4 nitrogen and oxygen atoms in total. The van der Waals surface area contributed by atoms with Crippen molar-refractivity contribution >= 4 is 34.6 Å². The molecule has 2 aromatic rings. The predicted molar refractivity (Wildman–Crippen MR) is 90.0 cm³/mol. The predicted octanol–water partition coefficient (Wildman–Crippen LogP) is 3.73. The molecule has 2 N–H and O–H groups in total. The molecule has 23 heavy (non-hydrogen) atoms. The molecule has 0 atom stereocenters. The average Bonchev–Trinajstić information content (AvgIpc) is 2.85. The number of phenolic OH excluding ortho intramolecular Hbond substituents is 1. The molecule has 0 aromatic heterocycles. The standard InChI is InChI=1S/C17H13FN2O2S/c1-10-4-2-3-5-13(10)19-17-20-16(22)15(23-17)9-11-6-7-14(21)12(18)8-11/h2-9,21H,1H3,(H,19,20,22)/b15-9+. The maximum absolute atomic E-state index is 13.3. The number of nitrogens with one attached hydrogen (secondary N) is 1. The van der Waals surface area contributed by atoms with Crippen LogP contribution in [0.25, 0.3) is 6.08 Å². The van der Waals surface area contributed by atoms with Gasteiger partial charge in [0, 0.05) is 0 Å². The molecule has 0 saturated carbocycles. The molecule has 1 fully saturated rings. The monoisotopic (exact) mass is 328 g/mol. The maximum atomic E-state index is 13.3. The highest BCUT2D eigenvalue weighted by Crippen LogP contribution is 2.29. The highest BCUT2D eigenvalue weighted by Gasteiger charge is 2.24. The topological polar surface area (TPSA) is 61.7 Å². The first-order valence-electron chi connectivity index (χ1n) is 6.86. The lowest BCUT2D eigenvalue weighted by Gasteiger charge is -1.99. The van der Waals surface area contributed by atoms with E-state index in [1.807, 2.05) is 31.2 Å². The van der Waals surface area contributed by atoms with Crippen LogP contribution in [0.2, 0.25) is 0 Å². The number of aromatic hydroxyl groups is 1. The third-order valence-corrected chi connectivity index (χ3v) is 4.17. The molecule has 3 rings (SSSR count). The Hall–Kier alpha value is -2.60. The van der Waals surface area contributed by atoms with Crippen molar-refractivity contribution in [3.05, 3.63) is 64.3 Å². The fourth-order valence-electron chi connectivity index (χ4n) is 2.04. The van der Waals surface area contributed by atoms with Crippen molar-refractivity contribution in [2.24, 2.45) is 4.99 Å². The number of para-hydroxylation sites is 1. The van der Waals surface area contributed by atoms with E-state index in [1.54, 1.807) is 6.08 Å². The minimum absolute atomic E-state index is 0.282. The highest BCUT2D eigenvalue weighted by molar-refractivity contribution is 8.18. The second kappa shape index (κ2) is 6.26. The molecule has 1 amide bonds. The lowest BCUT2D eigenvalue weighted by molar-refractivity contribution is -0.115. The van der Waals surface area contributed by atoms with Gasteiger partial charge >= 0.3 is 0 Å². The van der Waals surface area contributed by atoms with Crippen LogP contribution in [0, 0.1) is 12.7 Å². The number of phenols is 1. The lowest BCUT2D eigenvalue weighted by Crippen LogP contribution is -2.19. The van der Waals surface area contributed by atoms with Crippen LogP contribution in [0.5, 0.6) is 5.75 Å². The summed E-state index contributed by atoms with van der Waals surface area (Å²) < 4.78 is 13.3.